The molecule has 1 aliphatic heterocycles. The number of benzene rings is 1. The summed E-state index contributed by atoms with van der Waals surface area (Å²) in [5.74, 6) is 0.717. The lowest BCUT2D eigenvalue weighted by atomic mass is 9.99. The maximum atomic E-state index is 12.6. The third kappa shape index (κ3) is 3.56. The Labute approximate surface area is 141 Å². The molecule has 0 atom stereocenters. The van der Waals surface area contributed by atoms with Crippen molar-refractivity contribution in [3.05, 3.63) is 59.8 Å². The predicted octanol–water partition coefficient (Wildman–Crippen LogP) is 3.12. The Balaban J connectivity index is 1.70. The summed E-state index contributed by atoms with van der Waals surface area (Å²) >= 11 is 0. The molecule has 0 spiro atoms. The van der Waals surface area contributed by atoms with E-state index in [-0.39, 0.29) is 11.7 Å². The van der Waals surface area contributed by atoms with Gasteiger partial charge in [0.15, 0.2) is 0 Å². The molecule has 2 aromatic rings. The van der Waals surface area contributed by atoms with Gasteiger partial charge in [-0.15, -0.1) is 0 Å². The van der Waals surface area contributed by atoms with Crippen molar-refractivity contribution in [2.24, 2.45) is 0 Å². The predicted molar refractivity (Wildman–Crippen MR) is 92.0 cm³/mol. The summed E-state index contributed by atoms with van der Waals surface area (Å²) in [6.45, 7) is 3.64. The van der Waals surface area contributed by atoms with E-state index in [2.05, 4.69) is 11.1 Å². The van der Waals surface area contributed by atoms with Crippen LogP contribution in [0.15, 0.2) is 48.7 Å². The minimum Gasteiger partial charge on any atom is -0.508 e. The molecule has 1 aromatic carbocycles. The zero-order valence-electron chi connectivity index (χ0n) is 13.6. The van der Waals surface area contributed by atoms with Gasteiger partial charge in [0.25, 0.3) is 5.91 Å². The summed E-state index contributed by atoms with van der Waals surface area (Å²) in [5, 5.41) is 9.37. The van der Waals surface area contributed by atoms with Crippen molar-refractivity contribution in [1.29, 1.82) is 0 Å². The zero-order valence-corrected chi connectivity index (χ0v) is 13.6. The quantitative estimate of drug-likeness (QED) is 0.938. The molecule has 124 valence electrons. The molecular weight excluding hydrogens is 304 g/mol. The zero-order chi connectivity index (χ0) is 16.9. The van der Waals surface area contributed by atoms with Gasteiger partial charge in [-0.1, -0.05) is 18.2 Å². The van der Waals surface area contributed by atoms with Crippen LogP contribution in [0, 0.1) is 0 Å². The smallest absolute Gasteiger partial charge is 0.254 e. The van der Waals surface area contributed by atoms with Gasteiger partial charge in [-0.25, -0.2) is 4.98 Å². The van der Waals surface area contributed by atoms with E-state index in [9.17, 15) is 9.90 Å². The van der Waals surface area contributed by atoms with E-state index in [4.69, 9.17) is 4.74 Å². The van der Waals surface area contributed by atoms with Crippen LogP contribution < -0.4 is 4.74 Å². The Morgan fingerprint density at radius 1 is 1.29 bits per heavy atom. The summed E-state index contributed by atoms with van der Waals surface area (Å²) < 4.78 is 5.35. The first-order valence-corrected chi connectivity index (χ1v) is 8.04. The number of aromatic nitrogens is 1. The Morgan fingerprint density at radius 2 is 2.08 bits per heavy atom. The van der Waals surface area contributed by atoms with Gasteiger partial charge in [0, 0.05) is 30.9 Å². The summed E-state index contributed by atoms with van der Waals surface area (Å²) in [7, 11) is 0. The molecule has 0 aliphatic carbocycles. The number of phenols is 1. The number of rotatable bonds is 4. The fraction of sp³-hybridized carbons (Fsp3) is 0.263. The van der Waals surface area contributed by atoms with Crippen molar-refractivity contribution >= 4 is 11.5 Å². The number of hydrogen-bond acceptors (Lipinski definition) is 4. The van der Waals surface area contributed by atoms with E-state index < -0.39 is 0 Å². The van der Waals surface area contributed by atoms with Crippen LogP contribution >= 0.6 is 0 Å². The Kier molecular flexibility index (Phi) is 4.79. The summed E-state index contributed by atoms with van der Waals surface area (Å²) in [4.78, 5) is 18.5. The molecule has 0 saturated carbocycles. The molecule has 1 amide bonds. The summed E-state index contributed by atoms with van der Waals surface area (Å²) in [5.41, 5.74) is 2.88. The van der Waals surface area contributed by atoms with Crippen LogP contribution in [0.5, 0.6) is 11.6 Å². The highest BCUT2D eigenvalue weighted by molar-refractivity contribution is 5.95. The number of nitrogens with zero attached hydrogens (tertiary/aromatic N) is 2. The SMILES string of the molecule is CCOc1cc(C(=O)N2CC=C(c3ccc(O)cc3)CC2)ccn1. The summed E-state index contributed by atoms with van der Waals surface area (Å²) in [6, 6.07) is 10.6. The van der Waals surface area contributed by atoms with Gasteiger partial charge in [0.05, 0.1) is 6.61 Å². The Bertz CT molecular complexity index is 753. The van der Waals surface area contributed by atoms with Gasteiger partial charge in [-0.2, -0.15) is 0 Å². The lowest BCUT2D eigenvalue weighted by Crippen LogP contribution is -2.34. The van der Waals surface area contributed by atoms with Crippen LogP contribution in [-0.2, 0) is 0 Å². The number of pyridine rings is 1. The number of phenolic OH excluding ortho intramolecular Hbond substituents is 1. The molecule has 2 heterocycles. The Hall–Kier alpha value is -2.82. The van der Waals surface area contributed by atoms with Gasteiger partial charge < -0.3 is 14.7 Å². The van der Waals surface area contributed by atoms with Gasteiger partial charge >= 0.3 is 0 Å². The van der Waals surface area contributed by atoms with E-state index in [1.165, 1.54) is 5.57 Å². The number of carbonyl (C=O) groups is 1. The van der Waals surface area contributed by atoms with Crippen molar-refractivity contribution in [2.75, 3.05) is 19.7 Å². The molecule has 1 N–H and O–H groups in total. The number of hydrogen-bond donors (Lipinski definition) is 1. The number of ether oxygens (including phenoxy) is 1. The molecular formula is C19H20N2O3. The number of amides is 1. The highest BCUT2D eigenvalue weighted by Crippen LogP contribution is 2.25. The maximum Gasteiger partial charge on any atom is 0.254 e. The second-order valence-corrected chi connectivity index (χ2v) is 5.59. The average Bonchev–Trinajstić information content (AvgIpc) is 2.62. The van der Waals surface area contributed by atoms with Crippen molar-refractivity contribution in [2.45, 2.75) is 13.3 Å². The minimum absolute atomic E-state index is 0.0145. The third-order valence-corrected chi connectivity index (χ3v) is 4.01. The molecule has 24 heavy (non-hydrogen) atoms. The fourth-order valence-corrected chi connectivity index (χ4v) is 2.74. The molecule has 0 fully saturated rings. The number of aromatic hydroxyl groups is 1. The fourth-order valence-electron chi connectivity index (χ4n) is 2.74. The normalized spacial score (nSPS) is 14.2. The molecule has 5 nitrogen and oxygen atoms in total. The molecule has 5 heteroatoms. The maximum absolute atomic E-state index is 12.6. The van der Waals surface area contributed by atoms with E-state index in [1.54, 1.807) is 30.5 Å². The first-order chi connectivity index (χ1) is 11.7. The van der Waals surface area contributed by atoms with Crippen LogP contribution in [0.1, 0.15) is 29.3 Å². The van der Waals surface area contributed by atoms with Crippen LogP contribution in [0.2, 0.25) is 0 Å². The van der Waals surface area contributed by atoms with E-state index in [0.717, 1.165) is 12.0 Å². The minimum atomic E-state index is -0.0145. The molecule has 1 aliphatic rings. The second kappa shape index (κ2) is 7.17. The van der Waals surface area contributed by atoms with Crippen molar-refractivity contribution < 1.29 is 14.6 Å². The van der Waals surface area contributed by atoms with Gasteiger partial charge in [-0.05, 0) is 42.7 Å². The monoisotopic (exact) mass is 324 g/mol. The largest absolute Gasteiger partial charge is 0.508 e. The van der Waals surface area contributed by atoms with Crippen LogP contribution in [0.4, 0.5) is 0 Å². The first kappa shape index (κ1) is 16.1. The topological polar surface area (TPSA) is 62.7 Å². The molecule has 1 aromatic heterocycles. The standard InChI is InChI=1S/C19H20N2O3/c1-2-24-18-13-16(7-10-20-18)19(23)21-11-8-15(9-12-21)14-3-5-17(22)6-4-14/h3-8,10,13,22H,2,9,11-12H2,1H3. The third-order valence-electron chi connectivity index (χ3n) is 4.01. The highest BCUT2D eigenvalue weighted by atomic mass is 16.5. The van der Waals surface area contributed by atoms with E-state index in [0.29, 0.717) is 31.1 Å². The first-order valence-electron chi connectivity index (χ1n) is 8.04. The van der Waals surface area contributed by atoms with E-state index >= 15 is 0 Å². The van der Waals surface area contributed by atoms with Crippen LogP contribution in [0.25, 0.3) is 5.57 Å². The van der Waals surface area contributed by atoms with Gasteiger partial charge in [0.2, 0.25) is 5.88 Å². The van der Waals surface area contributed by atoms with Gasteiger partial charge in [-0.3, -0.25) is 4.79 Å². The highest BCUT2D eigenvalue weighted by Gasteiger charge is 2.20. The average molecular weight is 324 g/mol. The van der Waals surface area contributed by atoms with Crippen LogP contribution in [-0.4, -0.2) is 40.6 Å². The molecule has 0 unspecified atom stereocenters. The Morgan fingerprint density at radius 3 is 2.75 bits per heavy atom. The molecule has 0 bridgehead atoms. The van der Waals surface area contributed by atoms with Crippen molar-refractivity contribution in [3.8, 4) is 11.6 Å². The molecule has 3 rings (SSSR count). The van der Waals surface area contributed by atoms with Gasteiger partial charge in [0.1, 0.15) is 5.75 Å². The summed E-state index contributed by atoms with van der Waals surface area (Å²) in [6.07, 6.45) is 4.46. The van der Waals surface area contributed by atoms with Crippen molar-refractivity contribution in [3.63, 3.8) is 0 Å². The molecule has 0 radical (unpaired) electrons. The van der Waals surface area contributed by atoms with Crippen molar-refractivity contribution in [1.82, 2.24) is 9.88 Å². The number of carbonyl (C=O) groups excluding carboxylic acids is 1. The molecule has 0 saturated heterocycles. The van der Waals surface area contributed by atoms with Crippen LogP contribution in [0.3, 0.4) is 0 Å². The lowest BCUT2D eigenvalue weighted by molar-refractivity contribution is 0.0772. The van der Waals surface area contributed by atoms with E-state index in [1.807, 2.05) is 24.0 Å². The lowest BCUT2D eigenvalue weighted by Gasteiger charge is -2.27. The second-order valence-electron chi connectivity index (χ2n) is 5.59.